The third-order valence-electron chi connectivity index (χ3n) is 2.49. The first-order chi connectivity index (χ1) is 7.75. The van der Waals surface area contributed by atoms with Crippen LogP contribution in [0.5, 0.6) is 0 Å². The molecule has 0 spiro atoms. The third kappa shape index (κ3) is 2.81. The normalized spacial score (nSPS) is 24.3. The molecule has 16 heavy (non-hydrogen) atoms. The van der Waals surface area contributed by atoms with Crippen LogP contribution >= 0.6 is 0 Å². The number of benzene rings is 1. The Morgan fingerprint density at radius 1 is 1.38 bits per heavy atom. The van der Waals surface area contributed by atoms with Gasteiger partial charge in [-0.2, -0.15) is 0 Å². The van der Waals surface area contributed by atoms with E-state index in [0.29, 0.717) is 12.0 Å². The van der Waals surface area contributed by atoms with Gasteiger partial charge in [0.25, 0.3) is 0 Å². The lowest BCUT2D eigenvalue weighted by Crippen LogP contribution is -2.19. The number of carbonyl (C=O) groups is 1. The van der Waals surface area contributed by atoms with E-state index in [4.69, 9.17) is 14.6 Å². The summed E-state index contributed by atoms with van der Waals surface area (Å²) < 4.78 is 10.2. The summed E-state index contributed by atoms with van der Waals surface area (Å²) in [4.78, 5) is 11.5. The standard InChI is InChI=1S/C12H14O4/c13-11-7-6-10(16-11)8-15-12(14)9-4-2-1-3-5-9/h1-5,10-11,13H,6-8H2/t10-,11?/m1/s1. The van der Waals surface area contributed by atoms with Crippen LogP contribution < -0.4 is 0 Å². The van der Waals surface area contributed by atoms with Crippen LogP contribution in [-0.4, -0.2) is 30.1 Å². The number of hydrogen-bond donors (Lipinski definition) is 1. The van der Waals surface area contributed by atoms with Crippen LogP contribution in [0.25, 0.3) is 0 Å². The van der Waals surface area contributed by atoms with Gasteiger partial charge in [-0.15, -0.1) is 0 Å². The highest BCUT2D eigenvalue weighted by atomic mass is 16.6. The fourth-order valence-electron chi connectivity index (χ4n) is 1.64. The van der Waals surface area contributed by atoms with Crippen molar-refractivity contribution < 1.29 is 19.4 Å². The number of ether oxygens (including phenoxy) is 2. The van der Waals surface area contributed by atoms with Crippen LogP contribution in [-0.2, 0) is 9.47 Å². The Bertz CT molecular complexity index is 349. The largest absolute Gasteiger partial charge is 0.459 e. The van der Waals surface area contributed by atoms with E-state index in [1.54, 1.807) is 24.3 Å². The van der Waals surface area contributed by atoms with E-state index >= 15 is 0 Å². The van der Waals surface area contributed by atoms with Gasteiger partial charge in [0, 0.05) is 6.42 Å². The minimum Gasteiger partial charge on any atom is -0.459 e. The topological polar surface area (TPSA) is 55.8 Å². The summed E-state index contributed by atoms with van der Waals surface area (Å²) in [6, 6.07) is 8.81. The highest BCUT2D eigenvalue weighted by Gasteiger charge is 2.24. The van der Waals surface area contributed by atoms with Crippen LogP contribution in [0.2, 0.25) is 0 Å². The molecule has 1 N–H and O–H groups in total. The van der Waals surface area contributed by atoms with Gasteiger partial charge in [0.2, 0.25) is 0 Å². The minimum atomic E-state index is -0.708. The number of rotatable bonds is 3. The lowest BCUT2D eigenvalue weighted by Gasteiger charge is -2.10. The minimum absolute atomic E-state index is 0.178. The third-order valence-corrected chi connectivity index (χ3v) is 2.49. The maximum absolute atomic E-state index is 11.5. The van der Waals surface area contributed by atoms with Crippen molar-refractivity contribution in [1.82, 2.24) is 0 Å². The zero-order chi connectivity index (χ0) is 11.4. The van der Waals surface area contributed by atoms with Gasteiger partial charge in [-0.05, 0) is 18.6 Å². The Morgan fingerprint density at radius 2 is 2.12 bits per heavy atom. The van der Waals surface area contributed by atoms with Crippen LogP contribution in [0.4, 0.5) is 0 Å². The first-order valence-electron chi connectivity index (χ1n) is 5.31. The molecule has 1 aromatic rings. The van der Waals surface area contributed by atoms with Crippen molar-refractivity contribution in [2.45, 2.75) is 25.2 Å². The maximum atomic E-state index is 11.5. The van der Waals surface area contributed by atoms with Crippen molar-refractivity contribution in [2.24, 2.45) is 0 Å². The Morgan fingerprint density at radius 3 is 2.75 bits per heavy atom. The molecule has 1 fully saturated rings. The van der Waals surface area contributed by atoms with E-state index in [0.717, 1.165) is 6.42 Å². The van der Waals surface area contributed by atoms with E-state index < -0.39 is 6.29 Å². The molecular formula is C12H14O4. The quantitative estimate of drug-likeness (QED) is 0.784. The molecule has 1 aliphatic rings. The van der Waals surface area contributed by atoms with Crippen molar-refractivity contribution in [3.8, 4) is 0 Å². The van der Waals surface area contributed by atoms with Gasteiger partial charge < -0.3 is 14.6 Å². The molecule has 0 bridgehead atoms. The predicted octanol–water partition coefficient (Wildman–Crippen LogP) is 1.34. The molecule has 4 nitrogen and oxygen atoms in total. The van der Waals surface area contributed by atoms with Gasteiger partial charge in [0.05, 0.1) is 11.7 Å². The first-order valence-corrected chi connectivity index (χ1v) is 5.31. The molecule has 0 radical (unpaired) electrons. The molecule has 0 aromatic heterocycles. The number of carbonyl (C=O) groups excluding carboxylic acids is 1. The van der Waals surface area contributed by atoms with Gasteiger partial charge in [0.15, 0.2) is 6.29 Å². The fourth-order valence-corrected chi connectivity index (χ4v) is 1.64. The summed E-state index contributed by atoms with van der Waals surface area (Å²) >= 11 is 0. The van der Waals surface area contributed by atoms with Crippen molar-refractivity contribution in [1.29, 1.82) is 0 Å². The average Bonchev–Trinajstić information content (AvgIpc) is 2.73. The van der Waals surface area contributed by atoms with Crippen molar-refractivity contribution in [3.05, 3.63) is 35.9 Å². The molecule has 1 unspecified atom stereocenters. The molecule has 86 valence electrons. The van der Waals surface area contributed by atoms with Gasteiger partial charge in [0.1, 0.15) is 6.61 Å². The summed E-state index contributed by atoms with van der Waals surface area (Å²) in [5.41, 5.74) is 0.529. The van der Waals surface area contributed by atoms with E-state index in [2.05, 4.69) is 0 Å². The van der Waals surface area contributed by atoms with Gasteiger partial charge in [-0.1, -0.05) is 18.2 Å². The zero-order valence-corrected chi connectivity index (χ0v) is 8.83. The summed E-state index contributed by atoms with van der Waals surface area (Å²) in [7, 11) is 0. The molecule has 2 rings (SSSR count). The highest BCUT2D eigenvalue weighted by Crippen LogP contribution is 2.18. The number of aliphatic hydroxyl groups excluding tert-OH is 1. The molecular weight excluding hydrogens is 208 g/mol. The lowest BCUT2D eigenvalue weighted by molar-refractivity contribution is -0.103. The van der Waals surface area contributed by atoms with Gasteiger partial charge in [-0.3, -0.25) is 0 Å². The Labute approximate surface area is 93.8 Å². The predicted molar refractivity (Wildman–Crippen MR) is 56.8 cm³/mol. The number of hydrogen-bond acceptors (Lipinski definition) is 4. The zero-order valence-electron chi connectivity index (χ0n) is 8.83. The monoisotopic (exact) mass is 222 g/mol. The van der Waals surface area contributed by atoms with E-state index in [1.165, 1.54) is 0 Å². The Kier molecular flexibility index (Phi) is 3.54. The second kappa shape index (κ2) is 5.09. The summed E-state index contributed by atoms with van der Waals surface area (Å²) in [5.74, 6) is -0.356. The molecule has 2 atom stereocenters. The second-order valence-corrected chi connectivity index (χ2v) is 3.75. The molecule has 1 aliphatic heterocycles. The lowest BCUT2D eigenvalue weighted by atomic mass is 10.2. The summed E-state index contributed by atoms with van der Waals surface area (Å²) in [6.07, 6.45) is 0.444. The van der Waals surface area contributed by atoms with Crippen molar-refractivity contribution >= 4 is 5.97 Å². The molecule has 0 aliphatic carbocycles. The number of aliphatic hydroxyl groups is 1. The SMILES string of the molecule is O=C(OC[C@H]1CCC(O)O1)c1ccccc1. The highest BCUT2D eigenvalue weighted by molar-refractivity contribution is 5.89. The Balaban J connectivity index is 1.80. The van der Waals surface area contributed by atoms with Crippen molar-refractivity contribution in [3.63, 3.8) is 0 Å². The Hall–Kier alpha value is -1.39. The molecule has 1 saturated heterocycles. The summed E-state index contributed by atoms with van der Waals surface area (Å²) in [6.45, 7) is 0.199. The van der Waals surface area contributed by atoms with Crippen LogP contribution in [0, 0.1) is 0 Å². The van der Waals surface area contributed by atoms with E-state index in [-0.39, 0.29) is 18.7 Å². The number of esters is 1. The smallest absolute Gasteiger partial charge is 0.338 e. The van der Waals surface area contributed by atoms with Crippen LogP contribution in [0.15, 0.2) is 30.3 Å². The van der Waals surface area contributed by atoms with Crippen LogP contribution in [0.3, 0.4) is 0 Å². The molecule has 0 saturated carbocycles. The molecule has 1 heterocycles. The maximum Gasteiger partial charge on any atom is 0.338 e. The van der Waals surface area contributed by atoms with Gasteiger partial charge >= 0.3 is 5.97 Å². The van der Waals surface area contributed by atoms with Crippen molar-refractivity contribution in [2.75, 3.05) is 6.61 Å². The molecule has 4 heteroatoms. The fraction of sp³-hybridized carbons (Fsp3) is 0.417. The van der Waals surface area contributed by atoms with Gasteiger partial charge in [-0.25, -0.2) is 4.79 Å². The average molecular weight is 222 g/mol. The van der Waals surface area contributed by atoms with E-state index in [1.807, 2.05) is 6.07 Å². The molecule has 0 amide bonds. The van der Waals surface area contributed by atoms with E-state index in [9.17, 15) is 4.79 Å². The summed E-state index contributed by atoms with van der Waals surface area (Å²) in [5, 5.41) is 9.12. The first kappa shape index (κ1) is 11.1. The molecule has 1 aromatic carbocycles. The second-order valence-electron chi connectivity index (χ2n) is 3.75. The van der Waals surface area contributed by atoms with Crippen LogP contribution in [0.1, 0.15) is 23.2 Å².